The fourth-order valence-corrected chi connectivity index (χ4v) is 3.71. The number of rotatable bonds is 2. The molecule has 3 rings (SSSR count). The van der Waals surface area contributed by atoms with Gasteiger partial charge in [0.1, 0.15) is 11.6 Å². The summed E-state index contributed by atoms with van der Waals surface area (Å²) in [5.41, 5.74) is 5.82. The van der Waals surface area contributed by atoms with E-state index in [2.05, 4.69) is 5.32 Å². The Morgan fingerprint density at radius 1 is 1.10 bits per heavy atom. The summed E-state index contributed by atoms with van der Waals surface area (Å²) in [6, 6.07) is 2.88. The second kappa shape index (κ2) is 4.52. The molecule has 108 valence electrons. The standard InChI is InChI=1S/C15H18F2N2O/c16-11-6-10(7-12(17)8-11)13(20)19-15-3-1-2-14(18,9-15)4-5-15/h6-8H,1-5,9,18H2,(H,19,20)/t14-,15+/m1/s1. The molecule has 20 heavy (non-hydrogen) atoms. The Balaban J connectivity index is 1.79. The van der Waals surface area contributed by atoms with Gasteiger partial charge < -0.3 is 11.1 Å². The van der Waals surface area contributed by atoms with Crippen molar-refractivity contribution in [2.75, 3.05) is 0 Å². The first kappa shape index (κ1) is 13.5. The Morgan fingerprint density at radius 3 is 2.50 bits per heavy atom. The van der Waals surface area contributed by atoms with E-state index in [0.717, 1.165) is 56.7 Å². The zero-order valence-electron chi connectivity index (χ0n) is 11.2. The van der Waals surface area contributed by atoms with Crippen molar-refractivity contribution in [3.05, 3.63) is 35.4 Å². The number of amides is 1. The van der Waals surface area contributed by atoms with Crippen LogP contribution >= 0.6 is 0 Å². The molecule has 1 aromatic carbocycles. The maximum absolute atomic E-state index is 13.2. The number of nitrogens with two attached hydrogens (primary N) is 1. The van der Waals surface area contributed by atoms with Gasteiger partial charge in [-0.05, 0) is 50.7 Å². The van der Waals surface area contributed by atoms with Crippen LogP contribution in [0.1, 0.15) is 48.9 Å². The van der Waals surface area contributed by atoms with Gasteiger partial charge in [0.25, 0.3) is 5.91 Å². The molecule has 2 bridgehead atoms. The molecule has 5 heteroatoms. The van der Waals surface area contributed by atoms with Crippen LogP contribution in [0.4, 0.5) is 8.78 Å². The van der Waals surface area contributed by atoms with Crippen LogP contribution in [0.5, 0.6) is 0 Å². The fourth-order valence-electron chi connectivity index (χ4n) is 3.71. The van der Waals surface area contributed by atoms with Crippen molar-refractivity contribution >= 4 is 5.91 Å². The minimum atomic E-state index is -0.740. The maximum Gasteiger partial charge on any atom is 0.251 e. The zero-order chi connectivity index (χ0) is 14.4. The summed E-state index contributed by atoms with van der Waals surface area (Å²) in [6.07, 6.45) is 5.34. The van der Waals surface area contributed by atoms with Crippen LogP contribution in [0.15, 0.2) is 18.2 Å². The molecule has 1 amide bonds. The van der Waals surface area contributed by atoms with E-state index in [0.29, 0.717) is 0 Å². The molecule has 2 aliphatic carbocycles. The van der Waals surface area contributed by atoms with Gasteiger partial charge in [-0.15, -0.1) is 0 Å². The predicted octanol–water partition coefficient (Wildman–Crippen LogP) is 2.50. The molecule has 3 nitrogen and oxygen atoms in total. The average Bonchev–Trinajstić information content (AvgIpc) is 2.58. The second-order valence-corrected chi connectivity index (χ2v) is 6.29. The highest BCUT2D eigenvalue weighted by molar-refractivity contribution is 5.94. The molecule has 0 saturated heterocycles. The molecule has 3 N–H and O–H groups in total. The third-order valence-electron chi connectivity index (χ3n) is 4.63. The molecule has 0 heterocycles. The normalized spacial score (nSPS) is 32.1. The first-order valence-corrected chi connectivity index (χ1v) is 6.97. The van der Waals surface area contributed by atoms with Crippen molar-refractivity contribution in [2.24, 2.45) is 5.73 Å². The first-order valence-electron chi connectivity index (χ1n) is 6.97. The highest BCUT2D eigenvalue weighted by atomic mass is 19.1. The lowest BCUT2D eigenvalue weighted by Gasteiger charge is -2.38. The van der Waals surface area contributed by atoms with Crippen molar-refractivity contribution < 1.29 is 13.6 Å². The van der Waals surface area contributed by atoms with Crippen molar-refractivity contribution in [3.8, 4) is 0 Å². The molecule has 0 spiro atoms. The van der Waals surface area contributed by atoms with Gasteiger partial charge in [0, 0.05) is 22.7 Å². The van der Waals surface area contributed by atoms with Crippen molar-refractivity contribution in [1.82, 2.24) is 5.32 Å². The highest BCUT2D eigenvalue weighted by Crippen LogP contribution is 2.46. The summed E-state index contributed by atoms with van der Waals surface area (Å²) in [7, 11) is 0. The number of hydrogen-bond donors (Lipinski definition) is 2. The van der Waals surface area contributed by atoms with E-state index in [1.807, 2.05) is 0 Å². The molecule has 0 radical (unpaired) electrons. The maximum atomic E-state index is 13.2. The third-order valence-corrected chi connectivity index (χ3v) is 4.63. The van der Waals surface area contributed by atoms with Crippen LogP contribution in [-0.2, 0) is 0 Å². The number of carbonyl (C=O) groups is 1. The molecular formula is C15H18F2N2O. The smallest absolute Gasteiger partial charge is 0.251 e. The number of nitrogens with one attached hydrogen (secondary N) is 1. The quantitative estimate of drug-likeness (QED) is 0.874. The van der Waals surface area contributed by atoms with Crippen molar-refractivity contribution in [3.63, 3.8) is 0 Å². The van der Waals surface area contributed by atoms with Gasteiger partial charge in [-0.25, -0.2) is 8.78 Å². The lowest BCUT2D eigenvalue weighted by molar-refractivity contribution is 0.0875. The van der Waals surface area contributed by atoms with E-state index < -0.39 is 17.5 Å². The molecule has 0 unspecified atom stereocenters. The van der Waals surface area contributed by atoms with Crippen LogP contribution in [0.3, 0.4) is 0 Å². The van der Waals surface area contributed by atoms with Crippen molar-refractivity contribution in [2.45, 2.75) is 49.6 Å². The fraction of sp³-hybridized carbons (Fsp3) is 0.533. The van der Waals surface area contributed by atoms with Crippen molar-refractivity contribution in [1.29, 1.82) is 0 Å². The number of halogens is 2. The van der Waals surface area contributed by atoms with E-state index in [1.165, 1.54) is 0 Å². The first-order chi connectivity index (χ1) is 9.40. The van der Waals surface area contributed by atoms with E-state index in [9.17, 15) is 13.6 Å². The predicted molar refractivity (Wildman–Crippen MR) is 71.2 cm³/mol. The topological polar surface area (TPSA) is 55.1 Å². The molecule has 1 aromatic rings. The van der Waals surface area contributed by atoms with Crippen LogP contribution in [-0.4, -0.2) is 17.0 Å². The van der Waals surface area contributed by atoms with E-state index in [-0.39, 0.29) is 16.6 Å². The largest absolute Gasteiger partial charge is 0.347 e. The Kier molecular flexibility index (Phi) is 3.05. The van der Waals surface area contributed by atoms with Gasteiger partial charge in [0.05, 0.1) is 0 Å². The number of benzene rings is 1. The van der Waals surface area contributed by atoms with E-state index >= 15 is 0 Å². The summed E-state index contributed by atoms with van der Waals surface area (Å²) in [5, 5.41) is 2.97. The van der Waals surface area contributed by atoms with Gasteiger partial charge >= 0.3 is 0 Å². The molecular weight excluding hydrogens is 262 g/mol. The molecule has 2 fully saturated rings. The summed E-state index contributed by atoms with van der Waals surface area (Å²) in [4.78, 5) is 12.2. The minimum absolute atomic E-state index is 0.0250. The Bertz CT molecular complexity index is 543. The monoisotopic (exact) mass is 280 g/mol. The zero-order valence-corrected chi connectivity index (χ0v) is 11.2. The summed E-state index contributed by atoms with van der Waals surface area (Å²) in [6.45, 7) is 0. The Hall–Kier alpha value is -1.49. The van der Waals surface area contributed by atoms with Crippen LogP contribution < -0.4 is 11.1 Å². The molecule has 2 saturated carbocycles. The van der Waals surface area contributed by atoms with Crippen LogP contribution in [0.2, 0.25) is 0 Å². The van der Waals surface area contributed by atoms with Gasteiger partial charge in [0.2, 0.25) is 0 Å². The molecule has 2 atom stereocenters. The summed E-state index contributed by atoms with van der Waals surface area (Å²) < 4.78 is 26.3. The molecule has 0 aromatic heterocycles. The minimum Gasteiger partial charge on any atom is -0.347 e. The Morgan fingerprint density at radius 2 is 1.80 bits per heavy atom. The summed E-state index contributed by atoms with van der Waals surface area (Å²) in [5.74, 6) is -1.90. The number of fused-ring (bicyclic) bond motifs is 2. The SMILES string of the molecule is N[C@]12CCC[C@](NC(=O)c3cc(F)cc(F)c3)(CC1)C2. The highest BCUT2D eigenvalue weighted by Gasteiger charge is 2.49. The lowest BCUT2D eigenvalue weighted by Crippen LogP contribution is -2.52. The third kappa shape index (κ3) is 2.42. The second-order valence-electron chi connectivity index (χ2n) is 6.29. The van der Waals surface area contributed by atoms with E-state index in [1.54, 1.807) is 0 Å². The molecule has 0 aliphatic heterocycles. The van der Waals surface area contributed by atoms with Gasteiger partial charge in [-0.3, -0.25) is 4.79 Å². The number of carbonyl (C=O) groups excluding carboxylic acids is 1. The van der Waals surface area contributed by atoms with Gasteiger partial charge in [-0.2, -0.15) is 0 Å². The van der Waals surface area contributed by atoms with Gasteiger partial charge in [0.15, 0.2) is 0 Å². The lowest BCUT2D eigenvalue weighted by atomic mass is 9.79. The summed E-state index contributed by atoms with van der Waals surface area (Å²) >= 11 is 0. The molecule has 2 aliphatic rings. The van der Waals surface area contributed by atoms with Crippen LogP contribution in [0, 0.1) is 11.6 Å². The Labute approximate surface area is 116 Å². The van der Waals surface area contributed by atoms with Gasteiger partial charge in [-0.1, -0.05) is 0 Å². The average molecular weight is 280 g/mol. The van der Waals surface area contributed by atoms with E-state index in [4.69, 9.17) is 5.73 Å². The van der Waals surface area contributed by atoms with Crippen LogP contribution in [0.25, 0.3) is 0 Å². The number of hydrogen-bond acceptors (Lipinski definition) is 2.